The summed E-state index contributed by atoms with van der Waals surface area (Å²) in [7, 11) is 0. The molecule has 2 aromatic rings. The van der Waals surface area contributed by atoms with Gasteiger partial charge in [-0.15, -0.1) is 0 Å². The monoisotopic (exact) mass is 307 g/mol. The molecule has 1 heterocycles. The van der Waals surface area contributed by atoms with Crippen LogP contribution >= 0.6 is 15.9 Å². The first-order valence-electron chi connectivity index (χ1n) is 5.63. The van der Waals surface area contributed by atoms with Gasteiger partial charge >= 0.3 is 5.97 Å². The van der Waals surface area contributed by atoms with Crippen LogP contribution in [0, 0.1) is 0 Å². The van der Waals surface area contributed by atoms with E-state index in [-0.39, 0.29) is 5.41 Å². The van der Waals surface area contributed by atoms with Crippen molar-refractivity contribution in [3.05, 3.63) is 40.0 Å². The quantitative estimate of drug-likeness (QED) is 0.866. The molecule has 0 saturated heterocycles. The number of carbonyl (C=O) groups is 1. The van der Waals surface area contributed by atoms with E-state index in [2.05, 4.69) is 20.9 Å². The molecule has 0 amide bonds. The first kappa shape index (κ1) is 13.0. The van der Waals surface area contributed by atoms with Crippen molar-refractivity contribution in [2.24, 2.45) is 0 Å². The van der Waals surface area contributed by atoms with Gasteiger partial charge in [-0.25, -0.2) is 4.79 Å². The highest BCUT2D eigenvalue weighted by Crippen LogP contribution is 2.27. The third kappa shape index (κ3) is 2.38. The van der Waals surface area contributed by atoms with Gasteiger partial charge in [0.2, 0.25) is 0 Å². The van der Waals surface area contributed by atoms with Crippen LogP contribution in [0.25, 0.3) is 10.9 Å². The summed E-state index contributed by atoms with van der Waals surface area (Å²) in [6.07, 6.45) is 0. The number of benzene rings is 1. The first-order valence-corrected chi connectivity index (χ1v) is 6.42. The molecule has 0 bridgehead atoms. The fourth-order valence-electron chi connectivity index (χ4n) is 1.76. The lowest BCUT2D eigenvalue weighted by molar-refractivity contribution is 0.0699. The maximum Gasteiger partial charge on any atom is 0.336 e. The highest BCUT2D eigenvalue weighted by atomic mass is 79.9. The summed E-state index contributed by atoms with van der Waals surface area (Å²) < 4.78 is 0.893. The van der Waals surface area contributed by atoms with Gasteiger partial charge in [0.15, 0.2) is 0 Å². The van der Waals surface area contributed by atoms with Crippen LogP contribution in [-0.4, -0.2) is 16.1 Å². The van der Waals surface area contributed by atoms with Crippen LogP contribution in [0.15, 0.2) is 28.7 Å². The molecule has 2 rings (SSSR count). The zero-order valence-corrected chi connectivity index (χ0v) is 12.1. The van der Waals surface area contributed by atoms with Gasteiger partial charge in [0.25, 0.3) is 0 Å². The molecule has 18 heavy (non-hydrogen) atoms. The van der Waals surface area contributed by atoms with Gasteiger partial charge in [0.05, 0.1) is 11.1 Å². The van der Waals surface area contributed by atoms with Gasteiger partial charge < -0.3 is 5.11 Å². The Morgan fingerprint density at radius 2 is 1.94 bits per heavy atom. The Balaban J connectivity index is 2.83. The van der Waals surface area contributed by atoms with Crippen molar-refractivity contribution in [2.75, 3.05) is 0 Å². The molecule has 1 aromatic carbocycles. The normalized spacial score (nSPS) is 11.8. The largest absolute Gasteiger partial charge is 0.478 e. The molecule has 1 aromatic heterocycles. The lowest BCUT2D eigenvalue weighted by atomic mass is 9.90. The number of nitrogens with zero attached hydrogens (tertiary/aromatic N) is 1. The lowest BCUT2D eigenvalue weighted by Crippen LogP contribution is -2.15. The SMILES string of the molecule is CC(C)(C)c1cc(C(=O)O)c2ccc(Br)cc2n1. The summed E-state index contributed by atoms with van der Waals surface area (Å²) >= 11 is 3.38. The second kappa shape index (κ2) is 4.35. The molecule has 4 heteroatoms. The van der Waals surface area contributed by atoms with Crippen molar-refractivity contribution in [3.8, 4) is 0 Å². The van der Waals surface area contributed by atoms with Crippen molar-refractivity contribution < 1.29 is 9.90 Å². The predicted octanol–water partition coefficient (Wildman–Crippen LogP) is 3.99. The van der Waals surface area contributed by atoms with Crippen molar-refractivity contribution in [1.29, 1.82) is 0 Å². The fraction of sp³-hybridized carbons (Fsp3) is 0.286. The lowest BCUT2D eigenvalue weighted by Gasteiger charge is -2.19. The number of carboxylic acids is 1. The second-order valence-electron chi connectivity index (χ2n) is 5.27. The molecule has 3 nitrogen and oxygen atoms in total. The van der Waals surface area contributed by atoms with Gasteiger partial charge in [-0.2, -0.15) is 0 Å². The van der Waals surface area contributed by atoms with Crippen molar-refractivity contribution >= 4 is 32.8 Å². The Bertz CT molecular complexity index is 629. The summed E-state index contributed by atoms with van der Waals surface area (Å²) in [6.45, 7) is 6.06. The molecule has 0 aliphatic carbocycles. The van der Waals surface area contributed by atoms with Crippen molar-refractivity contribution in [1.82, 2.24) is 4.98 Å². The van der Waals surface area contributed by atoms with Gasteiger partial charge in [0.1, 0.15) is 0 Å². The van der Waals surface area contributed by atoms with Crippen LogP contribution in [0.5, 0.6) is 0 Å². The smallest absolute Gasteiger partial charge is 0.336 e. The number of aromatic carboxylic acids is 1. The maximum atomic E-state index is 11.3. The third-order valence-corrected chi connectivity index (χ3v) is 3.26. The number of rotatable bonds is 1. The van der Waals surface area contributed by atoms with Crippen molar-refractivity contribution in [3.63, 3.8) is 0 Å². The molecule has 0 aliphatic heterocycles. The minimum atomic E-state index is -0.921. The van der Waals surface area contributed by atoms with E-state index in [1.807, 2.05) is 32.9 Å². The average Bonchev–Trinajstić information content (AvgIpc) is 2.25. The molecule has 0 unspecified atom stereocenters. The molecule has 0 aliphatic rings. The van der Waals surface area contributed by atoms with E-state index in [4.69, 9.17) is 0 Å². The van der Waals surface area contributed by atoms with Crippen LogP contribution in [0.1, 0.15) is 36.8 Å². The fourth-order valence-corrected chi connectivity index (χ4v) is 2.11. The van der Waals surface area contributed by atoms with E-state index >= 15 is 0 Å². The van der Waals surface area contributed by atoms with Crippen LogP contribution in [0.3, 0.4) is 0 Å². The second-order valence-corrected chi connectivity index (χ2v) is 6.19. The van der Waals surface area contributed by atoms with Crippen LogP contribution in [0.4, 0.5) is 0 Å². The molecule has 0 radical (unpaired) electrons. The van der Waals surface area contributed by atoms with E-state index in [9.17, 15) is 9.90 Å². The highest BCUT2D eigenvalue weighted by Gasteiger charge is 2.20. The summed E-state index contributed by atoms with van der Waals surface area (Å²) in [4.78, 5) is 15.9. The average molecular weight is 308 g/mol. The van der Waals surface area contributed by atoms with Gasteiger partial charge in [0, 0.05) is 21.0 Å². The van der Waals surface area contributed by atoms with Crippen molar-refractivity contribution in [2.45, 2.75) is 26.2 Å². The molecule has 0 spiro atoms. The van der Waals surface area contributed by atoms with E-state index in [0.717, 1.165) is 10.2 Å². The molecule has 0 saturated carbocycles. The van der Waals surface area contributed by atoms with E-state index in [0.29, 0.717) is 16.5 Å². The van der Waals surface area contributed by atoms with E-state index in [1.165, 1.54) is 0 Å². The number of hydrogen-bond donors (Lipinski definition) is 1. The van der Waals surface area contributed by atoms with E-state index < -0.39 is 5.97 Å². The van der Waals surface area contributed by atoms with Gasteiger partial charge in [-0.1, -0.05) is 42.8 Å². The Morgan fingerprint density at radius 1 is 1.28 bits per heavy atom. The summed E-state index contributed by atoms with van der Waals surface area (Å²) in [5.41, 5.74) is 1.61. The zero-order valence-electron chi connectivity index (χ0n) is 10.5. The number of carboxylic acid groups (broad SMARTS) is 1. The Hall–Kier alpha value is -1.42. The number of hydrogen-bond acceptors (Lipinski definition) is 2. The molecular formula is C14H14BrNO2. The molecule has 0 atom stereocenters. The number of pyridine rings is 1. The molecule has 94 valence electrons. The van der Waals surface area contributed by atoms with Gasteiger partial charge in [-0.3, -0.25) is 4.98 Å². The number of halogens is 1. The van der Waals surface area contributed by atoms with Crippen LogP contribution in [0.2, 0.25) is 0 Å². The number of fused-ring (bicyclic) bond motifs is 1. The summed E-state index contributed by atoms with van der Waals surface area (Å²) in [5, 5.41) is 9.97. The summed E-state index contributed by atoms with van der Waals surface area (Å²) in [5.74, 6) is -0.921. The predicted molar refractivity (Wildman–Crippen MR) is 75.1 cm³/mol. The molecule has 0 fully saturated rings. The number of aromatic nitrogens is 1. The van der Waals surface area contributed by atoms with Gasteiger partial charge in [-0.05, 0) is 18.2 Å². The van der Waals surface area contributed by atoms with E-state index in [1.54, 1.807) is 12.1 Å². The first-order chi connectivity index (χ1) is 8.29. The molecular weight excluding hydrogens is 294 g/mol. The Kier molecular flexibility index (Phi) is 3.15. The highest BCUT2D eigenvalue weighted by molar-refractivity contribution is 9.10. The Morgan fingerprint density at radius 3 is 2.50 bits per heavy atom. The molecule has 1 N–H and O–H groups in total. The topological polar surface area (TPSA) is 50.2 Å². The maximum absolute atomic E-state index is 11.3. The van der Waals surface area contributed by atoms with Crippen LogP contribution < -0.4 is 0 Å². The Labute approximate surface area is 114 Å². The zero-order chi connectivity index (χ0) is 13.5. The summed E-state index contributed by atoms with van der Waals surface area (Å²) in [6, 6.07) is 7.12. The third-order valence-electron chi connectivity index (χ3n) is 2.77. The minimum Gasteiger partial charge on any atom is -0.478 e. The van der Waals surface area contributed by atoms with Crippen LogP contribution in [-0.2, 0) is 5.41 Å². The standard InChI is InChI=1S/C14H14BrNO2/c1-14(2,3)12-7-10(13(17)18)9-5-4-8(15)6-11(9)16-12/h4-7H,1-3H3,(H,17,18). The minimum absolute atomic E-state index is 0.180.